The molecule has 1 aliphatic rings. The Morgan fingerprint density at radius 1 is 1.50 bits per heavy atom. The number of hydrogen-bond donors (Lipinski definition) is 1. The fourth-order valence-electron chi connectivity index (χ4n) is 2.18. The zero-order valence-corrected chi connectivity index (χ0v) is 9.89. The highest BCUT2D eigenvalue weighted by Gasteiger charge is 2.32. The van der Waals surface area contributed by atoms with E-state index in [4.69, 9.17) is 21.4 Å². The molecule has 1 saturated carbocycles. The lowest BCUT2D eigenvalue weighted by atomic mass is 10.00. The molecule has 16 heavy (non-hydrogen) atoms. The second kappa shape index (κ2) is 4.97. The molecule has 0 radical (unpaired) electrons. The maximum absolute atomic E-state index is 9.16. The first-order valence-electron chi connectivity index (χ1n) is 5.44. The van der Waals surface area contributed by atoms with Gasteiger partial charge in [0.15, 0.2) is 0 Å². The first kappa shape index (κ1) is 11.6. The van der Waals surface area contributed by atoms with Crippen LogP contribution in [0.15, 0.2) is 12.4 Å². The fourth-order valence-corrected chi connectivity index (χ4v) is 2.31. The summed E-state index contributed by atoms with van der Waals surface area (Å²) < 4.78 is 5.71. The van der Waals surface area contributed by atoms with Gasteiger partial charge in [-0.2, -0.15) is 0 Å². The van der Waals surface area contributed by atoms with E-state index in [1.165, 1.54) is 6.33 Å². The minimum absolute atomic E-state index is 0.123. The van der Waals surface area contributed by atoms with Gasteiger partial charge in [-0.1, -0.05) is 18.5 Å². The Morgan fingerprint density at radius 3 is 2.94 bits per heavy atom. The Hall–Kier alpha value is -0.870. The lowest BCUT2D eigenvalue weighted by Crippen LogP contribution is -2.13. The topological polar surface area (TPSA) is 55.2 Å². The van der Waals surface area contributed by atoms with Gasteiger partial charge >= 0.3 is 0 Å². The maximum atomic E-state index is 9.16. The zero-order valence-electron chi connectivity index (χ0n) is 9.14. The Morgan fingerprint density at radius 2 is 2.31 bits per heavy atom. The summed E-state index contributed by atoms with van der Waals surface area (Å²) in [6, 6.07) is 1.61. The van der Waals surface area contributed by atoms with E-state index in [1.54, 1.807) is 6.07 Å². The number of halogens is 1. The van der Waals surface area contributed by atoms with Crippen LogP contribution >= 0.6 is 11.6 Å². The molecule has 1 aromatic rings. The van der Waals surface area contributed by atoms with Gasteiger partial charge in [-0.3, -0.25) is 0 Å². The van der Waals surface area contributed by atoms with Crippen molar-refractivity contribution in [2.75, 3.05) is 6.61 Å². The number of hydrogen-bond acceptors (Lipinski definition) is 4. The SMILES string of the molecule is C[C@H]1C[C@H](Oc2cc(Cl)ncn2)C[C@H]1CO. The summed E-state index contributed by atoms with van der Waals surface area (Å²) in [7, 11) is 0. The van der Waals surface area contributed by atoms with Crippen molar-refractivity contribution in [3.8, 4) is 5.88 Å². The zero-order chi connectivity index (χ0) is 11.5. The average Bonchev–Trinajstić information content (AvgIpc) is 2.58. The predicted molar refractivity (Wildman–Crippen MR) is 60.4 cm³/mol. The number of ether oxygens (including phenoxy) is 1. The minimum Gasteiger partial charge on any atom is -0.474 e. The molecular weight excluding hydrogens is 228 g/mol. The van der Waals surface area contributed by atoms with Crippen LogP contribution in [0.3, 0.4) is 0 Å². The molecule has 1 aromatic heterocycles. The third kappa shape index (κ3) is 2.62. The van der Waals surface area contributed by atoms with Crippen molar-refractivity contribution in [1.29, 1.82) is 0 Å². The monoisotopic (exact) mass is 242 g/mol. The van der Waals surface area contributed by atoms with Crippen molar-refractivity contribution < 1.29 is 9.84 Å². The third-order valence-electron chi connectivity index (χ3n) is 3.14. The van der Waals surface area contributed by atoms with Crippen molar-refractivity contribution in [1.82, 2.24) is 9.97 Å². The van der Waals surface area contributed by atoms with Gasteiger partial charge in [0.2, 0.25) is 5.88 Å². The summed E-state index contributed by atoms with van der Waals surface area (Å²) in [5.41, 5.74) is 0. The normalized spacial score (nSPS) is 29.3. The summed E-state index contributed by atoms with van der Waals surface area (Å²) in [6.45, 7) is 2.36. The van der Waals surface area contributed by atoms with Crippen molar-refractivity contribution in [3.05, 3.63) is 17.5 Å². The van der Waals surface area contributed by atoms with E-state index in [0.717, 1.165) is 12.8 Å². The summed E-state index contributed by atoms with van der Waals surface area (Å²) in [4.78, 5) is 7.79. The van der Waals surface area contributed by atoms with Crippen LogP contribution in [-0.2, 0) is 0 Å². The minimum atomic E-state index is 0.123. The van der Waals surface area contributed by atoms with E-state index in [1.807, 2.05) is 0 Å². The van der Waals surface area contributed by atoms with Crippen LogP contribution in [0.25, 0.3) is 0 Å². The van der Waals surface area contributed by atoms with Crippen LogP contribution < -0.4 is 4.74 Å². The Labute approximate surface area is 99.6 Å². The number of aliphatic hydroxyl groups is 1. The van der Waals surface area contributed by atoms with Gasteiger partial charge < -0.3 is 9.84 Å². The van der Waals surface area contributed by atoms with Crippen LogP contribution in [0.2, 0.25) is 5.15 Å². The van der Waals surface area contributed by atoms with Gasteiger partial charge in [0.25, 0.3) is 0 Å². The molecule has 0 spiro atoms. The van der Waals surface area contributed by atoms with Crippen molar-refractivity contribution >= 4 is 11.6 Å². The molecule has 88 valence electrons. The standard InChI is InChI=1S/C11H15ClN2O2/c1-7-2-9(3-8(7)5-15)16-11-4-10(12)13-6-14-11/h4,6-9,15H,2-3,5H2,1H3/t7-,8-,9-/m0/s1. The molecule has 3 atom stereocenters. The molecule has 1 N–H and O–H groups in total. The second-order valence-electron chi connectivity index (χ2n) is 4.31. The molecule has 4 nitrogen and oxygen atoms in total. The number of nitrogens with zero attached hydrogens (tertiary/aromatic N) is 2. The van der Waals surface area contributed by atoms with Crippen molar-refractivity contribution in [3.63, 3.8) is 0 Å². The lowest BCUT2D eigenvalue weighted by Gasteiger charge is -2.12. The number of aromatic nitrogens is 2. The van der Waals surface area contributed by atoms with Crippen LogP contribution in [-0.4, -0.2) is 27.8 Å². The Kier molecular flexibility index (Phi) is 3.61. The Balaban J connectivity index is 1.96. The first-order valence-corrected chi connectivity index (χ1v) is 5.82. The summed E-state index contributed by atoms with van der Waals surface area (Å²) in [5.74, 6) is 1.34. The fraction of sp³-hybridized carbons (Fsp3) is 0.636. The van der Waals surface area contributed by atoms with Crippen LogP contribution in [0.5, 0.6) is 5.88 Å². The van der Waals surface area contributed by atoms with E-state index in [-0.39, 0.29) is 12.7 Å². The summed E-state index contributed by atoms with van der Waals surface area (Å²) in [6.07, 6.45) is 3.34. The lowest BCUT2D eigenvalue weighted by molar-refractivity contribution is 0.175. The van der Waals surface area contributed by atoms with E-state index >= 15 is 0 Å². The average molecular weight is 243 g/mol. The molecule has 1 fully saturated rings. The van der Waals surface area contributed by atoms with Crippen molar-refractivity contribution in [2.24, 2.45) is 11.8 Å². The molecule has 0 aliphatic heterocycles. The van der Waals surface area contributed by atoms with Gasteiger partial charge in [0.05, 0.1) is 0 Å². The molecule has 0 bridgehead atoms. The van der Waals surface area contributed by atoms with E-state index in [9.17, 15) is 0 Å². The van der Waals surface area contributed by atoms with E-state index in [2.05, 4.69) is 16.9 Å². The quantitative estimate of drug-likeness (QED) is 0.823. The number of aliphatic hydroxyl groups excluding tert-OH is 1. The van der Waals surface area contributed by atoms with Gasteiger partial charge in [-0.15, -0.1) is 0 Å². The van der Waals surface area contributed by atoms with Crippen LogP contribution in [0.4, 0.5) is 0 Å². The van der Waals surface area contributed by atoms with Crippen LogP contribution in [0.1, 0.15) is 19.8 Å². The second-order valence-corrected chi connectivity index (χ2v) is 4.70. The Bertz CT molecular complexity index is 362. The van der Waals surface area contributed by atoms with Gasteiger partial charge in [0, 0.05) is 12.7 Å². The molecular formula is C11H15ClN2O2. The molecule has 2 rings (SSSR count). The highest BCUT2D eigenvalue weighted by molar-refractivity contribution is 6.29. The van der Waals surface area contributed by atoms with E-state index in [0.29, 0.717) is 22.9 Å². The molecule has 0 saturated heterocycles. The largest absolute Gasteiger partial charge is 0.474 e. The molecule has 5 heteroatoms. The molecule has 1 aliphatic carbocycles. The molecule has 1 heterocycles. The maximum Gasteiger partial charge on any atom is 0.218 e. The van der Waals surface area contributed by atoms with Gasteiger partial charge in [-0.05, 0) is 24.7 Å². The van der Waals surface area contributed by atoms with Gasteiger partial charge in [0.1, 0.15) is 17.6 Å². The van der Waals surface area contributed by atoms with Crippen molar-refractivity contribution in [2.45, 2.75) is 25.9 Å². The van der Waals surface area contributed by atoms with Gasteiger partial charge in [-0.25, -0.2) is 9.97 Å². The summed E-state index contributed by atoms with van der Waals surface area (Å²) >= 11 is 5.74. The van der Waals surface area contributed by atoms with E-state index < -0.39 is 0 Å². The van der Waals surface area contributed by atoms with Crippen LogP contribution in [0, 0.1) is 11.8 Å². The highest BCUT2D eigenvalue weighted by Crippen LogP contribution is 2.33. The third-order valence-corrected chi connectivity index (χ3v) is 3.34. The first-order chi connectivity index (χ1) is 7.69. The molecule has 0 amide bonds. The predicted octanol–water partition coefficient (Wildman–Crippen LogP) is 1.92. The smallest absolute Gasteiger partial charge is 0.218 e. The summed E-state index contributed by atoms with van der Waals surface area (Å²) in [5, 5.41) is 9.55. The molecule has 0 aromatic carbocycles. The number of rotatable bonds is 3. The molecule has 0 unspecified atom stereocenters. The highest BCUT2D eigenvalue weighted by atomic mass is 35.5.